The maximum atomic E-state index is 12.7. The lowest BCUT2D eigenvalue weighted by atomic mass is 9.98. The van der Waals surface area contributed by atoms with Crippen molar-refractivity contribution in [3.63, 3.8) is 0 Å². The van der Waals surface area contributed by atoms with Crippen LogP contribution in [0.2, 0.25) is 0 Å². The van der Waals surface area contributed by atoms with Crippen molar-refractivity contribution in [1.29, 1.82) is 0 Å². The lowest BCUT2D eigenvalue weighted by Gasteiger charge is -2.19. The number of esters is 1. The van der Waals surface area contributed by atoms with Crippen LogP contribution >= 0.6 is 0 Å². The van der Waals surface area contributed by atoms with Crippen molar-refractivity contribution in [3.05, 3.63) is 24.0 Å². The predicted octanol–water partition coefficient (Wildman–Crippen LogP) is 1.07. The van der Waals surface area contributed by atoms with Crippen molar-refractivity contribution >= 4 is 40.7 Å². The molecule has 31 heavy (non-hydrogen) atoms. The fraction of sp³-hybridized carbons (Fsp3) is 0.450. The monoisotopic (exact) mass is 430 g/mol. The Labute approximate surface area is 176 Å². The molecule has 2 fully saturated rings. The quantitative estimate of drug-likeness (QED) is 0.542. The van der Waals surface area contributed by atoms with Gasteiger partial charge in [-0.25, -0.2) is 14.7 Å². The highest BCUT2D eigenvalue weighted by Crippen LogP contribution is 2.30. The van der Waals surface area contributed by atoms with E-state index in [-0.39, 0.29) is 24.6 Å². The Balaban J connectivity index is 1.52. The third kappa shape index (κ3) is 3.83. The molecule has 2 aromatic heterocycles. The molecule has 0 saturated carbocycles. The van der Waals surface area contributed by atoms with Crippen LogP contribution in [0.4, 0.5) is 10.6 Å². The van der Waals surface area contributed by atoms with E-state index in [1.807, 2.05) is 0 Å². The van der Waals surface area contributed by atoms with Crippen LogP contribution < -0.4 is 10.2 Å². The van der Waals surface area contributed by atoms with Crippen LogP contribution in [-0.2, 0) is 19.1 Å². The van der Waals surface area contributed by atoms with Gasteiger partial charge in [0.05, 0.1) is 24.5 Å². The number of β-amino-alcohol motifs (C(OH)–C–C–N with tert-alkyl or cyclic N) is 1. The summed E-state index contributed by atoms with van der Waals surface area (Å²) in [7, 11) is 0. The second-order valence-electron chi connectivity index (χ2n) is 8.52. The lowest BCUT2D eigenvalue weighted by molar-refractivity contribution is -0.158. The number of imide groups is 1. The normalized spacial score (nSPS) is 21.9. The average Bonchev–Trinajstić information content (AvgIpc) is 3.33. The van der Waals surface area contributed by atoms with E-state index in [2.05, 4.69) is 10.3 Å². The number of urea groups is 1. The molecule has 0 bridgehead atoms. The fourth-order valence-electron chi connectivity index (χ4n) is 3.31. The first kappa shape index (κ1) is 20.8. The number of furan rings is 1. The van der Waals surface area contributed by atoms with Gasteiger partial charge in [-0.3, -0.25) is 19.3 Å². The van der Waals surface area contributed by atoms with Gasteiger partial charge in [-0.1, -0.05) is 0 Å². The second kappa shape index (κ2) is 7.34. The molecule has 2 N–H and O–H groups in total. The molecule has 4 heterocycles. The zero-order chi connectivity index (χ0) is 22.5. The van der Waals surface area contributed by atoms with E-state index in [0.717, 1.165) is 4.90 Å². The molecular formula is C20H22N4O7. The molecule has 4 rings (SSSR count). The molecule has 2 atom stereocenters. The van der Waals surface area contributed by atoms with E-state index in [1.54, 1.807) is 32.9 Å². The number of nitrogens with zero attached hydrogens (tertiary/aromatic N) is 3. The molecule has 0 unspecified atom stereocenters. The van der Waals surface area contributed by atoms with Crippen LogP contribution in [-0.4, -0.2) is 58.2 Å². The number of rotatable bonds is 4. The van der Waals surface area contributed by atoms with E-state index in [1.165, 1.54) is 11.0 Å². The summed E-state index contributed by atoms with van der Waals surface area (Å²) in [5.74, 6) is -0.876. The SMILES string of the molecule is CC(C)(C)C(=O)OCN1C(=O)N[C@@H](c2cc3nc(N4C[C@@H](O)CC4=O)ccc3o2)C1=O. The van der Waals surface area contributed by atoms with Gasteiger partial charge >= 0.3 is 12.0 Å². The van der Waals surface area contributed by atoms with Gasteiger partial charge in [-0.05, 0) is 32.9 Å². The number of ether oxygens (including phenoxy) is 1. The van der Waals surface area contributed by atoms with Crippen molar-refractivity contribution in [1.82, 2.24) is 15.2 Å². The van der Waals surface area contributed by atoms with Crippen molar-refractivity contribution in [2.45, 2.75) is 39.3 Å². The standard InChI is InChI=1S/C20H22N4O7/c1-20(2,3)18(28)30-9-24-17(27)16(22-19(24)29)13-7-11-12(31-13)4-5-14(21-11)23-8-10(25)6-15(23)26/h4-5,7,10,16,25H,6,8-9H2,1-3H3,(H,22,29)/t10-,16-/m0/s1. The number of fused-ring (bicyclic) bond motifs is 1. The third-order valence-corrected chi connectivity index (χ3v) is 5.01. The van der Waals surface area contributed by atoms with Gasteiger partial charge in [0.15, 0.2) is 18.4 Å². The van der Waals surface area contributed by atoms with Gasteiger partial charge in [-0.15, -0.1) is 0 Å². The van der Waals surface area contributed by atoms with Crippen LogP contribution in [0.5, 0.6) is 0 Å². The summed E-state index contributed by atoms with van der Waals surface area (Å²) in [4.78, 5) is 55.4. The smallest absolute Gasteiger partial charge is 0.327 e. The maximum absolute atomic E-state index is 12.7. The first-order chi connectivity index (χ1) is 14.5. The number of anilines is 1. The number of pyridine rings is 1. The van der Waals surface area contributed by atoms with Crippen LogP contribution in [0.25, 0.3) is 11.1 Å². The Morgan fingerprint density at radius 3 is 2.71 bits per heavy atom. The Hall–Kier alpha value is -3.47. The highest BCUT2D eigenvalue weighted by Gasteiger charge is 2.42. The first-order valence-corrected chi connectivity index (χ1v) is 9.72. The van der Waals surface area contributed by atoms with Crippen LogP contribution in [0.3, 0.4) is 0 Å². The minimum absolute atomic E-state index is 0.0363. The average molecular weight is 430 g/mol. The van der Waals surface area contributed by atoms with Crippen molar-refractivity contribution < 1.29 is 33.4 Å². The molecule has 0 aliphatic carbocycles. The number of hydrogen-bond donors (Lipinski definition) is 2. The Morgan fingerprint density at radius 1 is 1.32 bits per heavy atom. The topological polar surface area (TPSA) is 142 Å². The zero-order valence-corrected chi connectivity index (χ0v) is 17.2. The van der Waals surface area contributed by atoms with Gasteiger partial charge in [-0.2, -0.15) is 0 Å². The summed E-state index contributed by atoms with van der Waals surface area (Å²) in [6, 6.07) is 2.89. The lowest BCUT2D eigenvalue weighted by Crippen LogP contribution is -2.36. The summed E-state index contributed by atoms with van der Waals surface area (Å²) >= 11 is 0. The fourth-order valence-corrected chi connectivity index (χ4v) is 3.31. The van der Waals surface area contributed by atoms with E-state index < -0.39 is 42.2 Å². The maximum Gasteiger partial charge on any atom is 0.327 e. The van der Waals surface area contributed by atoms with Gasteiger partial charge in [0.2, 0.25) is 5.91 Å². The summed E-state index contributed by atoms with van der Waals surface area (Å²) in [6.45, 7) is 4.64. The number of carbonyl (C=O) groups is 4. The third-order valence-electron chi connectivity index (χ3n) is 5.01. The molecule has 164 valence electrons. The number of aliphatic hydroxyl groups is 1. The summed E-state index contributed by atoms with van der Waals surface area (Å²) < 4.78 is 10.7. The molecule has 2 aliphatic heterocycles. The van der Waals surface area contributed by atoms with Crippen molar-refractivity contribution in [2.75, 3.05) is 18.2 Å². The van der Waals surface area contributed by atoms with Gasteiger partial charge < -0.3 is 19.6 Å². The highest BCUT2D eigenvalue weighted by molar-refractivity contribution is 6.04. The summed E-state index contributed by atoms with van der Waals surface area (Å²) in [5.41, 5.74) is -0.0139. The molecule has 2 aromatic rings. The van der Waals surface area contributed by atoms with Crippen LogP contribution in [0.1, 0.15) is 39.0 Å². The zero-order valence-electron chi connectivity index (χ0n) is 17.2. The number of nitrogens with one attached hydrogen (secondary N) is 1. The predicted molar refractivity (Wildman–Crippen MR) is 106 cm³/mol. The number of amides is 4. The Kier molecular flexibility index (Phi) is 4.92. The summed E-state index contributed by atoms with van der Waals surface area (Å²) in [6.07, 6.45) is -0.705. The number of aliphatic hydroxyl groups excluding tert-OH is 1. The summed E-state index contributed by atoms with van der Waals surface area (Å²) in [5, 5.41) is 12.2. The minimum atomic E-state index is -1.09. The molecule has 2 saturated heterocycles. The number of carbonyl (C=O) groups excluding carboxylic acids is 4. The molecule has 2 aliphatic rings. The second-order valence-corrected chi connectivity index (χ2v) is 8.52. The van der Waals surface area contributed by atoms with Crippen LogP contribution in [0.15, 0.2) is 22.6 Å². The van der Waals surface area contributed by atoms with Crippen LogP contribution in [0, 0.1) is 5.41 Å². The van der Waals surface area contributed by atoms with E-state index >= 15 is 0 Å². The van der Waals surface area contributed by atoms with E-state index in [9.17, 15) is 24.3 Å². The van der Waals surface area contributed by atoms with Crippen molar-refractivity contribution in [3.8, 4) is 0 Å². The Morgan fingerprint density at radius 2 is 2.06 bits per heavy atom. The van der Waals surface area contributed by atoms with Gasteiger partial charge in [0.1, 0.15) is 17.1 Å². The highest BCUT2D eigenvalue weighted by atomic mass is 16.5. The van der Waals surface area contributed by atoms with E-state index in [0.29, 0.717) is 16.9 Å². The minimum Gasteiger partial charge on any atom is -0.457 e. The molecule has 11 nitrogen and oxygen atoms in total. The molecule has 0 spiro atoms. The molecule has 0 radical (unpaired) electrons. The number of aromatic nitrogens is 1. The van der Waals surface area contributed by atoms with Gasteiger partial charge in [0.25, 0.3) is 5.91 Å². The van der Waals surface area contributed by atoms with E-state index in [4.69, 9.17) is 9.15 Å². The Bertz CT molecular complexity index is 1090. The largest absolute Gasteiger partial charge is 0.457 e. The molecule has 4 amide bonds. The molecule has 0 aromatic carbocycles. The van der Waals surface area contributed by atoms with Crippen molar-refractivity contribution in [2.24, 2.45) is 5.41 Å². The van der Waals surface area contributed by atoms with Gasteiger partial charge in [0, 0.05) is 6.07 Å². The number of hydrogen-bond acceptors (Lipinski definition) is 8. The molecule has 11 heteroatoms. The first-order valence-electron chi connectivity index (χ1n) is 9.72. The molecular weight excluding hydrogens is 408 g/mol.